The summed E-state index contributed by atoms with van der Waals surface area (Å²) in [6.07, 6.45) is 1.23. The fourth-order valence-corrected chi connectivity index (χ4v) is 0.493. The Morgan fingerprint density at radius 1 is 1.38 bits per heavy atom. The summed E-state index contributed by atoms with van der Waals surface area (Å²) >= 11 is 0. The third kappa shape index (κ3) is 6.25. The number of nitrogens with one attached hydrogen (secondary N) is 1. The van der Waals surface area contributed by atoms with Gasteiger partial charge in [-0.1, -0.05) is 13.8 Å². The summed E-state index contributed by atoms with van der Waals surface area (Å²) in [6, 6.07) is 0.699. The molecule has 52 valence electrons. The van der Waals surface area contributed by atoms with Crippen molar-refractivity contribution >= 4 is 12.4 Å². The average molecular weight is 138 g/mol. The van der Waals surface area contributed by atoms with Crippen LogP contribution in [0.25, 0.3) is 0 Å². The number of hydrogen-bond acceptors (Lipinski definition) is 1. The van der Waals surface area contributed by atoms with E-state index >= 15 is 0 Å². The van der Waals surface area contributed by atoms with Crippen LogP contribution in [0.15, 0.2) is 0 Å². The van der Waals surface area contributed by atoms with Crippen molar-refractivity contribution in [2.45, 2.75) is 33.2 Å². The highest BCUT2D eigenvalue weighted by Gasteiger charge is 1.90. The summed E-state index contributed by atoms with van der Waals surface area (Å²) in [5.74, 6) is 0. The molecular weight excluding hydrogens is 122 g/mol. The Kier molecular flexibility index (Phi) is 10.1. The first-order valence-electron chi connectivity index (χ1n) is 3.04. The zero-order valence-electron chi connectivity index (χ0n) is 5.90. The van der Waals surface area contributed by atoms with Gasteiger partial charge in [0.05, 0.1) is 0 Å². The predicted molar refractivity (Wildman–Crippen MR) is 40.7 cm³/mol. The van der Waals surface area contributed by atoms with E-state index in [0.717, 1.165) is 6.54 Å². The van der Waals surface area contributed by atoms with Gasteiger partial charge in [-0.05, 0) is 19.9 Å². The smallest absolute Gasteiger partial charge is 0.00359 e. The Bertz CT molecular complexity index is 39.5. The van der Waals surface area contributed by atoms with Gasteiger partial charge in [-0.2, -0.15) is 0 Å². The van der Waals surface area contributed by atoms with Gasteiger partial charge in [-0.3, -0.25) is 0 Å². The Labute approximate surface area is 58.3 Å². The maximum Gasteiger partial charge on any atom is 0.00359 e. The zero-order chi connectivity index (χ0) is 5.70. The average Bonchev–Trinajstić information content (AvgIpc) is 1.68. The van der Waals surface area contributed by atoms with Crippen LogP contribution in [0.3, 0.4) is 0 Å². The fraction of sp³-hybridized carbons (Fsp3) is 1.00. The Hall–Kier alpha value is 0.250. The van der Waals surface area contributed by atoms with Crippen LogP contribution >= 0.6 is 12.4 Å². The van der Waals surface area contributed by atoms with Crippen molar-refractivity contribution in [2.24, 2.45) is 0 Å². The number of halogens is 1. The standard InChI is InChI=1S/C6H15N.ClH/c1-4-6(3)7-5-2;/h6-7H,4-5H2,1-3H3;1H/t6-;/m0./s1. The minimum absolute atomic E-state index is 0. The van der Waals surface area contributed by atoms with Crippen molar-refractivity contribution in [3.8, 4) is 0 Å². The molecule has 2 heteroatoms. The van der Waals surface area contributed by atoms with E-state index in [4.69, 9.17) is 0 Å². The first kappa shape index (κ1) is 11.1. The van der Waals surface area contributed by atoms with Crippen molar-refractivity contribution in [3.05, 3.63) is 0 Å². The molecule has 0 aromatic heterocycles. The van der Waals surface area contributed by atoms with Crippen LogP contribution in [0.1, 0.15) is 27.2 Å². The first-order valence-corrected chi connectivity index (χ1v) is 3.04. The molecule has 0 bridgehead atoms. The van der Waals surface area contributed by atoms with Gasteiger partial charge in [0.1, 0.15) is 0 Å². The summed E-state index contributed by atoms with van der Waals surface area (Å²) in [6.45, 7) is 7.61. The van der Waals surface area contributed by atoms with E-state index in [-0.39, 0.29) is 12.4 Å². The second kappa shape index (κ2) is 7.25. The maximum atomic E-state index is 3.30. The van der Waals surface area contributed by atoms with Gasteiger partial charge in [-0.15, -0.1) is 12.4 Å². The molecule has 1 atom stereocenters. The Balaban J connectivity index is 0. The molecule has 0 saturated carbocycles. The summed E-state index contributed by atoms with van der Waals surface area (Å²) < 4.78 is 0. The van der Waals surface area contributed by atoms with Gasteiger partial charge in [0.25, 0.3) is 0 Å². The molecule has 0 rings (SSSR count). The molecule has 0 radical (unpaired) electrons. The van der Waals surface area contributed by atoms with Crippen LogP contribution in [0.2, 0.25) is 0 Å². The predicted octanol–water partition coefficient (Wildman–Crippen LogP) is 1.82. The monoisotopic (exact) mass is 137 g/mol. The molecule has 0 amide bonds. The molecule has 0 aliphatic carbocycles. The van der Waals surface area contributed by atoms with Gasteiger partial charge in [0.15, 0.2) is 0 Å². The molecule has 0 aromatic rings. The molecule has 8 heavy (non-hydrogen) atoms. The van der Waals surface area contributed by atoms with Crippen molar-refractivity contribution in [1.82, 2.24) is 5.32 Å². The maximum absolute atomic E-state index is 3.30. The quantitative estimate of drug-likeness (QED) is 0.626. The molecule has 0 unspecified atom stereocenters. The topological polar surface area (TPSA) is 12.0 Å². The minimum atomic E-state index is 0. The zero-order valence-corrected chi connectivity index (χ0v) is 6.72. The van der Waals surface area contributed by atoms with E-state index in [1.165, 1.54) is 6.42 Å². The molecule has 0 aliphatic heterocycles. The van der Waals surface area contributed by atoms with Crippen molar-refractivity contribution < 1.29 is 0 Å². The Morgan fingerprint density at radius 3 is 2.00 bits per heavy atom. The van der Waals surface area contributed by atoms with Crippen LogP contribution in [0, 0.1) is 0 Å². The van der Waals surface area contributed by atoms with Crippen LogP contribution in [-0.4, -0.2) is 12.6 Å². The largest absolute Gasteiger partial charge is 0.315 e. The lowest BCUT2D eigenvalue weighted by molar-refractivity contribution is 0.553. The second-order valence-corrected chi connectivity index (χ2v) is 1.87. The normalized spacial score (nSPS) is 12.4. The molecular formula is C6H16ClN. The van der Waals surface area contributed by atoms with Gasteiger partial charge in [-0.25, -0.2) is 0 Å². The first-order chi connectivity index (χ1) is 3.31. The molecule has 1 N–H and O–H groups in total. The fourth-order valence-electron chi connectivity index (χ4n) is 0.493. The highest BCUT2D eigenvalue weighted by Crippen LogP contribution is 1.84. The Morgan fingerprint density at radius 2 is 1.88 bits per heavy atom. The lowest BCUT2D eigenvalue weighted by Gasteiger charge is -2.06. The molecule has 0 spiro atoms. The van der Waals surface area contributed by atoms with E-state index in [2.05, 4.69) is 26.1 Å². The molecule has 0 heterocycles. The number of rotatable bonds is 3. The van der Waals surface area contributed by atoms with Gasteiger partial charge in [0, 0.05) is 6.04 Å². The van der Waals surface area contributed by atoms with E-state index < -0.39 is 0 Å². The molecule has 0 saturated heterocycles. The van der Waals surface area contributed by atoms with Gasteiger partial charge < -0.3 is 5.32 Å². The third-order valence-corrected chi connectivity index (χ3v) is 1.16. The van der Waals surface area contributed by atoms with E-state index in [1.807, 2.05) is 0 Å². The summed E-state index contributed by atoms with van der Waals surface area (Å²) in [7, 11) is 0. The highest BCUT2D eigenvalue weighted by molar-refractivity contribution is 5.85. The van der Waals surface area contributed by atoms with E-state index in [9.17, 15) is 0 Å². The van der Waals surface area contributed by atoms with Crippen molar-refractivity contribution in [3.63, 3.8) is 0 Å². The van der Waals surface area contributed by atoms with Crippen molar-refractivity contribution in [2.75, 3.05) is 6.54 Å². The third-order valence-electron chi connectivity index (χ3n) is 1.16. The highest BCUT2D eigenvalue weighted by atomic mass is 35.5. The SMILES string of the molecule is CCN[C@@H](C)CC.Cl. The van der Waals surface area contributed by atoms with Crippen molar-refractivity contribution in [1.29, 1.82) is 0 Å². The molecule has 0 aromatic carbocycles. The summed E-state index contributed by atoms with van der Waals surface area (Å²) in [4.78, 5) is 0. The molecule has 1 nitrogen and oxygen atoms in total. The molecule has 0 aliphatic rings. The van der Waals surface area contributed by atoms with Crippen LogP contribution < -0.4 is 5.32 Å². The lowest BCUT2D eigenvalue weighted by Crippen LogP contribution is -2.24. The second-order valence-electron chi connectivity index (χ2n) is 1.87. The van der Waals surface area contributed by atoms with Crippen LogP contribution in [0.5, 0.6) is 0 Å². The number of hydrogen-bond donors (Lipinski definition) is 1. The van der Waals surface area contributed by atoms with E-state index in [1.54, 1.807) is 0 Å². The minimum Gasteiger partial charge on any atom is -0.315 e. The van der Waals surface area contributed by atoms with Gasteiger partial charge >= 0.3 is 0 Å². The van der Waals surface area contributed by atoms with Crippen LogP contribution in [-0.2, 0) is 0 Å². The lowest BCUT2D eigenvalue weighted by atomic mass is 10.3. The van der Waals surface area contributed by atoms with Crippen LogP contribution in [0.4, 0.5) is 0 Å². The summed E-state index contributed by atoms with van der Waals surface area (Å²) in [5, 5.41) is 3.30. The summed E-state index contributed by atoms with van der Waals surface area (Å²) in [5.41, 5.74) is 0. The molecule has 0 fully saturated rings. The van der Waals surface area contributed by atoms with Gasteiger partial charge in [0.2, 0.25) is 0 Å². The van der Waals surface area contributed by atoms with E-state index in [0.29, 0.717) is 6.04 Å².